The lowest BCUT2D eigenvalue weighted by atomic mass is 9.95. The number of aryl methyl sites for hydroxylation is 3. The van der Waals surface area contributed by atoms with Crippen molar-refractivity contribution < 1.29 is 0 Å². The Kier molecular flexibility index (Phi) is 3.82. The van der Waals surface area contributed by atoms with E-state index in [1.165, 1.54) is 0 Å². The van der Waals surface area contributed by atoms with Gasteiger partial charge in [0.1, 0.15) is 5.82 Å². The quantitative estimate of drug-likeness (QED) is 0.848. The van der Waals surface area contributed by atoms with Crippen molar-refractivity contribution in [3.05, 3.63) is 41.2 Å². The highest BCUT2D eigenvalue weighted by Gasteiger charge is 2.24. The molecule has 0 N–H and O–H groups in total. The summed E-state index contributed by atoms with van der Waals surface area (Å²) in [6, 6.07) is 4.04. The zero-order chi connectivity index (χ0) is 14.8. The fraction of sp³-hybridized carbons (Fsp3) is 0.500. The van der Waals surface area contributed by atoms with Gasteiger partial charge in [-0.15, -0.1) is 0 Å². The summed E-state index contributed by atoms with van der Waals surface area (Å²) in [7, 11) is 0. The summed E-state index contributed by atoms with van der Waals surface area (Å²) in [6.07, 6.45) is 4.16. The molecule has 0 aromatic carbocycles. The molecule has 1 aliphatic rings. The van der Waals surface area contributed by atoms with Crippen molar-refractivity contribution in [2.75, 3.05) is 18.0 Å². The van der Waals surface area contributed by atoms with Crippen LogP contribution in [0, 0.1) is 20.8 Å². The van der Waals surface area contributed by atoms with Crippen LogP contribution in [0.1, 0.15) is 41.7 Å². The highest BCUT2D eigenvalue weighted by atomic mass is 15.3. The van der Waals surface area contributed by atoms with Gasteiger partial charge in [-0.25, -0.2) is 19.9 Å². The Morgan fingerprint density at radius 1 is 1.10 bits per heavy atom. The van der Waals surface area contributed by atoms with Crippen LogP contribution in [0.25, 0.3) is 0 Å². The van der Waals surface area contributed by atoms with Crippen LogP contribution >= 0.6 is 0 Å². The number of piperidine rings is 1. The first-order valence-electron chi connectivity index (χ1n) is 7.48. The maximum Gasteiger partial charge on any atom is 0.225 e. The molecule has 1 unspecified atom stereocenters. The topological polar surface area (TPSA) is 54.8 Å². The minimum Gasteiger partial charge on any atom is -0.340 e. The third-order valence-electron chi connectivity index (χ3n) is 3.89. The van der Waals surface area contributed by atoms with Crippen LogP contribution in [-0.2, 0) is 0 Å². The van der Waals surface area contributed by atoms with Crippen LogP contribution in [-0.4, -0.2) is 33.0 Å². The summed E-state index contributed by atoms with van der Waals surface area (Å²) in [6.45, 7) is 7.93. The SMILES string of the molecule is Cc1cc(C)nc(N2CCCC(c3ccnc(C)n3)C2)n1. The Bertz CT molecular complexity index is 620. The van der Waals surface area contributed by atoms with Crippen LogP contribution in [0.4, 0.5) is 5.95 Å². The average molecular weight is 283 g/mol. The molecule has 3 rings (SSSR count). The first-order valence-corrected chi connectivity index (χ1v) is 7.48. The van der Waals surface area contributed by atoms with Crippen LogP contribution in [0.2, 0.25) is 0 Å². The van der Waals surface area contributed by atoms with Crippen LogP contribution in [0.15, 0.2) is 18.3 Å². The predicted molar refractivity (Wildman–Crippen MR) is 82.5 cm³/mol. The van der Waals surface area contributed by atoms with Crippen LogP contribution in [0.3, 0.4) is 0 Å². The monoisotopic (exact) mass is 283 g/mol. The standard InChI is InChI=1S/C16H21N5/c1-11-9-12(2)19-16(18-11)21-8-4-5-14(10-21)15-6-7-17-13(3)20-15/h6-7,9,14H,4-5,8,10H2,1-3H3. The van der Waals surface area contributed by atoms with Gasteiger partial charge in [0.05, 0.1) is 0 Å². The summed E-state index contributed by atoms with van der Waals surface area (Å²) < 4.78 is 0. The number of hydrogen-bond acceptors (Lipinski definition) is 5. The van der Waals surface area contributed by atoms with Gasteiger partial charge in [0.15, 0.2) is 0 Å². The second kappa shape index (κ2) is 5.76. The van der Waals surface area contributed by atoms with Crippen molar-refractivity contribution in [3.8, 4) is 0 Å². The Morgan fingerprint density at radius 2 is 1.86 bits per heavy atom. The first-order chi connectivity index (χ1) is 10.1. The minimum absolute atomic E-state index is 0.435. The summed E-state index contributed by atoms with van der Waals surface area (Å²) >= 11 is 0. The molecule has 2 aromatic rings. The zero-order valence-corrected chi connectivity index (χ0v) is 12.9. The molecule has 1 atom stereocenters. The molecule has 110 valence electrons. The molecule has 0 radical (unpaired) electrons. The third-order valence-corrected chi connectivity index (χ3v) is 3.89. The molecule has 0 spiro atoms. The fourth-order valence-corrected chi connectivity index (χ4v) is 2.95. The van der Waals surface area contributed by atoms with Gasteiger partial charge in [-0.1, -0.05) is 0 Å². The van der Waals surface area contributed by atoms with Gasteiger partial charge in [0.2, 0.25) is 5.95 Å². The molecule has 0 bridgehead atoms. The van der Waals surface area contributed by atoms with Gasteiger partial charge in [-0.2, -0.15) is 0 Å². The maximum atomic E-state index is 4.59. The number of anilines is 1. The van der Waals surface area contributed by atoms with Crippen molar-refractivity contribution >= 4 is 5.95 Å². The van der Waals surface area contributed by atoms with Crippen molar-refractivity contribution in [2.24, 2.45) is 0 Å². The van der Waals surface area contributed by atoms with E-state index < -0.39 is 0 Å². The lowest BCUT2D eigenvalue weighted by molar-refractivity contribution is 0.493. The van der Waals surface area contributed by atoms with E-state index in [1.54, 1.807) is 0 Å². The normalized spacial score (nSPS) is 18.8. The first kappa shape index (κ1) is 13.9. The van der Waals surface area contributed by atoms with Gasteiger partial charge in [-0.3, -0.25) is 0 Å². The van der Waals surface area contributed by atoms with Gasteiger partial charge in [-0.05, 0) is 45.7 Å². The summed E-state index contributed by atoms with van der Waals surface area (Å²) in [4.78, 5) is 20.2. The molecular formula is C16H21N5. The maximum absolute atomic E-state index is 4.59. The molecule has 1 fully saturated rings. The van der Waals surface area contributed by atoms with Crippen molar-refractivity contribution in [3.63, 3.8) is 0 Å². The molecular weight excluding hydrogens is 262 g/mol. The molecule has 0 amide bonds. The molecule has 2 aromatic heterocycles. The number of rotatable bonds is 2. The number of hydrogen-bond donors (Lipinski definition) is 0. The minimum atomic E-state index is 0.435. The van der Waals surface area contributed by atoms with Gasteiger partial charge in [0, 0.05) is 42.3 Å². The second-order valence-electron chi connectivity index (χ2n) is 5.76. The van der Waals surface area contributed by atoms with Crippen LogP contribution in [0.5, 0.6) is 0 Å². The predicted octanol–water partition coefficient (Wildman–Crippen LogP) is 2.58. The lowest BCUT2D eigenvalue weighted by Crippen LogP contribution is -2.36. The molecule has 5 heteroatoms. The van der Waals surface area contributed by atoms with Crippen molar-refractivity contribution in [1.29, 1.82) is 0 Å². The molecule has 5 nitrogen and oxygen atoms in total. The highest BCUT2D eigenvalue weighted by molar-refractivity contribution is 5.34. The smallest absolute Gasteiger partial charge is 0.225 e. The van der Waals surface area contributed by atoms with E-state index in [2.05, 4.69) is 24.8 Å². The average Bonchev–Trinajstić information content (AvgIpc) is 2.46. The molecule has 0 aliphatic carbocycles. The molecule has 1 saturated heterocycles. The van der Waals surface area contributed by atoms with E-state index in [0.29, 0.717) is 5.92 Å². The number of nitrogens with zero attached hydrogens (tertiary/aromatic N) is 5. The van der Waals surface area contributed by atoms with E-state index in [9.17, 15) is 0 Å². The summed E-state index contributed by atoms with van der Waals surface area (Å²) in [5.41, 5.74) is 3.19. The molecule has 21 heavy (non-hydrogen) atoms. The lowest BCUT2D eigenvalue weighted by Gasteiger charge is -2.32. The van der Waals surface area contributed by atoms with E-state index in [0.717, 1.165) is 54.8 Å². The Hall–Kier alpha value is -2.04. The second-order valence-corrected chi connectivity index (χ2v) is 5.76. The Morgan fingerprint density at radius 3 is 2.57 bits per heavy atom. The molecule has 0 saturated carbocycles. The van der Waals surface area contributed by atoms with Gasteiger partial charge in [0.25, 0.3) is 0 Å². The largest absolute Gasteiger partial charge is 0.340 e. The fourth-order valence-electron chi connectivity index (χ4n) is 2.95. The van der Waals surface area contributed by atoms with E-state index >= 15 is 0 Å². The van der Waals surface area contributed by atoms with Gasteiger partial charge < -0.3 is 4.90 Å². The third kappa shape index (κ3) is 3.17. The number of aromatic nitrogens is 4. The zero-order valence-electron chi connectivity index (χ0n) is 12.9. The molecule has 3 heterocycles. The van der Waals surface area contributed by atoms with Crippen molar-refractivity contribution in [2.45, 2.75) is 39.5 Å². The summed E-state index contributed by atoms with van der Waals surface area (Å²) in [5, 5.41) is 0. The van der Waals surface area contributed by atoms with Crippen molar-refractivity contribution in [1.82, 2.24) is 19.9 Å². The van der Waals surface area contributed by atoms with E-state index in [-0.39, 0.29) is 0 Å². The van der Waals surface area contributed by atoms with Gasteiger partial charge >= 0.3 is 0 Å². The molecule has 1 aliphatic heterocycles. The van der Waals surface area contributed by atoms with E-state index in [1.807, 2.05) is 39.1 Å². The summed E-state index contributed by atoms with van der Waals surface area (Å²) in [5.74, 6) is 2.13. The van der Waals surface area contributed by atoms with E-state index in [4.69, 9.17) is 0 Å². The van der Waals surface area contributed by atoms with Crippen LogP contribution < -0.4 is 4.90 Å². The highest BCUT2D eigenvalue weighted by Crippen LogP contribution is 2.27. The Labute approximate surface area is 125 Å². The Balaban J connectivity index is 1.82.